The molecule has 0 aliphatic carbocycles. The van der Waals surface area contributed by atoms with Gasteiger partial charge in [0.25, 0.3) is 5.91 Å². The molecule has 3 rings (SSSR count). The highest BCUT2D eigenvalue weighted by Gasteiger charge is 2.14. The van der Waals surface area contributed by atoms with Gasteiger partial charge in [0.15, 0.2) is 5.69 Å². The molecule has 0 radical (unpaired) electrons. The van der Waals surface area contributed by atoms with Gasteiger partial charge in [0, 0.05) is 6.04 Å². The quantitative estimate of drug-likeness (QED) is 0.751. The van der Waals surface area contributed by atoms with E-state index in [1.807, 2.05) is 25.1 Å². The number of amides is 1. The molecular weight excluding hydrogens is 319 g/mol. The van der Waals surface area contributed by atoms with Gasteiger partial charge in [0.05, 0.1) is 11.9 Å². The van der Waals surface area contributed by atoms with E-state index in [2.05, 4.69) is 27.8 Å². The van der Waals surface area contributed by atoms with Gasteiger partial charge in [-0.25, -0.2) is 9.07 Å². The molecule has 0 aliphatic heterocycles. The van der Waals surface area contributed by atoms with E-state index in [4.69, 9.17) is 0 Å². The van der Waals surface area contributed by atoms with Crippen molar-refractivity contribution in [3.63, 3.8) is 0 Å². The van der Waals surface area contributed by atoms with Gasteiger partial charge in [-0.1, -0.05) is 35.5 Å². The number of halogens is 1. The molecule has 1 aromatic heterocycles. The van der Waals surface area contributed by atoms with Crippen molar-refractivity contribution < 1.29 is 9.18 Å². The molecule has 0 unspecified atom stereocenters. The Labute approximate surface area is 145 Å². The zero-order chi connectivity index (χ0) is 17.6. The van der Waals surface area contributed by atoms with E-state index in [1.165, 1.54) is 28.6 Å². The Morgan fingerprint density at radius 3 is 2.60 bits per heavy atom. The smallest absolute Gasteiger partial charge is 0.273 e. The summed E-state index contributed by atoms with van der Waals surface area (Å²) < 4.78 is 14.4. The van der Waals surface area contributed by atoms with Crippen molar-refractivity contribution in [3.8, 4) is 5.69 Å². The number of aryl methyl sites for hydroxylation is 1. The van der Waals surface area contributed by atoms with Gasteiger partial charge in [-0.3, -0.25) is 4.79 Å². The molecule has 0 spiro atoms. The van der Waals surface area contributed by atoms with Crippen LogP contribution in [0.2, 0.25) is 0 Å². The van der Waals surface area contributed by atoms with Crippen molar-refractivity contribution in [2.45, 2.75) is 25.8 Å². The molecule has 3 aromatic rings. The summed E-state index contributed by atoms with van der Waals surface area (Å²) in [5, 5.41) is 10.7. The number of hydrogen-bond acceptors (Lipinski definition) is 3. The molecule has 25 heavy (non-hydrogen) atoms. The number of hydrogen-bond donors (Lipinski definition) is 1. The second-order valence-corrected chi connectivity index (χ2v) is 5.92. The molecule has 1 amide bonds. The van der Waals surface area contributed by atoms with Gasteiger partial charge in [0.1, 0.15) is 5.82 Å². The minimum absolute atomic E-state index is 0.0173. The maximum absolute atomic E-state index is 13.0. The third-order valence-electron chi connectivity index (χ3n) is 3.90. The van der Waals surface area contributed by atoms with Crippen LogP contribution < -0.4 is 5.32 Å². The Kier molecular flexibility index (Phi) is 5.18. The van der Waals surface area contributed by atoms with Gasteiger partial charge in [-0.2, -0.15) is 0 Å². The highest BCUT2D eigenvalue weighted by molar-refractivity contribution is 5.92. The molecule has 0 fully saturated rings. The summed E-state index contributed by atoms with van der Waals surface area (Å²) >= 11 is 0. The largest absolute Gasteiger partial charge is 0.348 e. The Hall–Kier alpha value is -3.02. The fourth-order valence-corrected chi connectivity index (χ4v) is 2.49. The Morgan fingerprint density at radius 1 is 1.16 bits per heavy atom. The van der Waals surface area contributed by atoms with Crippen molar-refractivity contribution in [1.82, 2.24) is 20.3 Å². The van der Waals surface area contributed by atoms with E-state index in [0.29, 0.717) is 5.69 Å². The molecule has 128 valence electrons. The zero-order valence-electron chi connectivity index (χ0n) is 13.9. The van der Waals surface area contributed by atoms with Gasteiger partial charge in [0.2, 0.25) is 0 Å². The van der Waals surface area contributed by atoms with E-state index < -0.39 is 0 Å². The topological polar surface area (TPSA) is 59.8 Å². The SMILES string of the molecule is C[C@H](CCc1ccccc1)NC(=O)c1cn(-c2ccc(F)cc2)nn1. The van der Waals surface area contributed by atoms with Gasteiger partial charge in [-0.15, -0.1) is 5.10 Å². The average Bonchev–Trinajstić information content (AvgIpc) is 3.12. The standard InChI is InChI=1S/C19H19FN4O/c1-14(7-8-15-5-3-2-4-6-15)21-19(25)18-13-24(23-22-18)17-11-9-16(20)10-12-17/h2-6,9-14H,7-8H2,1H3,(H,21,25)/t14-/m1/s1. The lowest BCUT2D eigenvalue weighted by molar-refractivity contribution is 0.0933. The van der Waals surface area contributed by atoms with E-state index >= 15 is 0 Å². The summed E-state index contributed by atoms with van der Waals surface area (Å²) in [5.41, 5.74) is 2.12. The van der Waals surface area contributed by atoms with Gasteiger partial charge >= 0.3 is 0 Å². The maximum atomic E-state index is 13.0. The zero-order valence-corrected chi connectivity index (χ0v) is 13.9. The van der Waals surface area contributed by atoms with Gasteiger partial charge in [-0.05, 0) is 49.6 Å². The number of aromatic nitrogens is 3. The molecular formula is C19H19FN4O. The average molecular weight is 338 g/mol. The normalized spacial score (nSPS) is 11.9. The molecule has 1 atom stereocenters. The van der Waals surface area contributed by atoms with Crippen LogP contribution in [0.5, 0.6) is 0 Å². The number of nitrogens with zero attached hydrogens (tertiary/aromatic N) is 3. The predicted molar refractivity (Wildman–Crippen MR) is 93.0 cm³/mol. The summed E-state index contributed by atoms with van der Waals surface area (Å²) in [6.07, 6.45) is 3.26. The first-order valence-corrected chi connectivity index (χ1v) is 8.15. The monoisotopic (exact) mass is 338 g/mol. The summed E-state index contributed by atoms with van der Waals surface area (Å²) in [7, 11) is 0. The highest BCUT2D eigenvalue weighted by Crippen LogP contribution is 2.09. The van der Waals surface area contributed by atoms with Crippen LogP contribution in [0.15, 0.2) is 60.8 Å². The third kappa shape index (κ3) is 4.50. The number of rotatable bonds is 6. The Bertz CT molecular complexity index is 830. The van der Waals surface area contributed by atoms with Crippen LogP contribution in [0.25, 0.3) is 5.69 Å². The van der Waals surface area contributed by atoms with Crippen molar-refractivity contribution >= 4 is 5.91 Å². The number of carbonyl (C=O) groups is 1. The third-order valence-corrected chi connectivity index (χ3v) is 3.90. The van der Waals surface area contributed by atoms with Crippen LogP contribution in [0, 0.1) is 5.82 Å². The lowest BCUT2D eigenvalue weighted by Gasteiger charge is -2.12. The van der Waals surface area contributed by atoms with Crippen LogP contribution in [0.1, 0.15) is 29.4 Å². The maximum Gasteiger partial charge on any atom is 0.273 e. The number of nitrogens with one attached hydrogen (secondary N) is 1. The minimum Gasteiger partial charge on any atom is -0.348 e. The van der Waals surface area contributed by atoms with Crippen LogP contribution >= 0.6 is 0 Å². The van der Waals surface area contributed by atoms with Crippen molar-refractivity contribution in [1.29, 1.82) is 0 Å². The molecule has 0 bridgehead atoms. The molecule has 1 heterocycles. The fourth-order valence-electron chi connectivity index (χ4n) is 2.49. The van der Waals surface area contributed by atoms with E-state index in [0.717, 1.165) is 12.8 Å². The molecule has 6 heteroatoms. The first-order valence-electron chi connectivity index (χ1n) is 8.15. The molecule has 0 saturated heterocycles. The number of carbonyl (C=O) groups excluding carboxylic acids is 1. The molecule has 5 nitrogen and oxygen atoms in total. The van der Waals surface area contributed by atoms with Crippen LogP contribution in [0.4, 0.5) is 4.39 Å². The van der Waals surface area contributed by atoms with E-state index in [1.54, 1.807) is 12.1 Å². The lowest BCUT2D eigenvalue weighted by Crippen LogP contribution is -2.33. The van der Waals surface area contributed by atoms with Gasteiger partial charge < -0.3 is 5.32 Å². The lowest BCUT2D eigenvalue weighted by atomic mass is 10.1. The Balaban J connectivity index is 1.57. The van der Waals surface area contributed by atoms with Crippen molar-refractivity contribution in [2.24, 2.45) is 0 Å². The first-order chi connectivity index (χ1) is 12.1. The van der Waals surface area contributed by atoms with Crippen molar-refractivity contribution in [3.05, 3.63) is 77.9 Å². The summed E-state index contributed by atoms with van der Waals surface area (Å²) in [4.78, 5) is 12.3. The Morgan fingerprint density at radius 2 is 1.88 bits per heavy atom. The highest BCUT2D eigenvalue weighted by atomic mass is 19.1. The number of benzene rings is 2. The van der Waals surface area contributed by atoms with Crippen LogP contribution in [0.3, 0.4) is 0 Å². The van der Waals surface area contributed by atoms with Crippen molar-refractivity contribution in [2.75, 3.05) is 0 Å². The summed E-state index contributed by atoms with van der Waals surface area (Å²) in [6.45, 7) is 1.96. The van der Waals surface area contributed by atoms with Crippen LogP contribution in [-0.4, -0.2) is 26.9 Å². The molecule has 0 aliphatic rings. The summed E-state index contributed by atoms with van der Waals surface area (Å²) in [6, 6.07) is 16.0. The fraction of sp³-hybridized carbons (Fsp3) is 0.211. The minimum atomic E-state index is -0.325. The predicted octanol–water partition coefficient (Wildman–Crippen LogP) is 3.16. The molecule has 2 aromatic carbocycles. The first kappa shape index (κ1) is 16.8. The van der Waals surface area contributed by atoms with E-state index in [-0.39, 0.29) is 23.5 Å². The molecule has 1 N–H and O–H groups in total. The summed E-state index contributed by atoms with van der Waals surface area (Å²) in [5.74, 6) is -0.594. The molecule has 0 saturated carbocycles. The van der Waals surface area contributed by atoms with E-state index in [9.17, 15) is 9.18 Å². The van der Waals surface area contributed by atoms with Crippen LogP contribution in [-0.2, 0) is 6.42 Å². The second kappa shape index (κ2) is 7.70. The second-order valence-electron chi connectivity index (χ2n) is 5.92.